The van der Waals surface area contributed by atoms with Gasteiger partial charge in [-0.3, -0.25) is 4.79 Å². The van der Waals surface area contributed by atoms with E-state index in [0.29, 0.717) is 23.1 Å². The van der Waals surface area contributed by atoms with Crippen LogP contribution in [0.2, 0.25) is 0 Å². The number of carbonyl (C=O) groups excluding carboxylic acids is 1. The fourth-order valence-corrected chi connectivity index (χ4v) is 2.33. The number of aromatic nitrogens is 2. The van der Waals surface area contributed by atoms with Crippen molar-refractivity contribution in [2.24, 2.45) is 0 Å². The van der Waals surface area contributed by atoms with Gasteiger partial charge in [-0.1, -0.05) is 18.2 Å². The molecule has 1 heterocycles. The fourth-order valence-electron chi connectivity index (χ4n) is 2.33. The van der Waals surface area contributed by atoms with Crippen molar-refractivity contribution in [3.05, 3.63) is 71.8 Å². The molecule has 3 rings (SSSR count). The van der Waals surface area contributed by atoms with E-state index in [9.17, 15) is 22.4 Å². The first-order valence-electron chi connectivity index (χ1n) is 7.14. The van der Waals surface area contributed by atoms with Gasteiger partial charge >= 0.3 is 6.18 Å². The summed E-state index contributed by atoms with van der Waals surface area (Å²) in [6.45, 7) is 0. The summed E-state index contributed by atoms with van der Waals surface area (Å²) in [6.07, 6.45) is -1.78. The van der Waals surface area contributed by atoms with E-state index in [2.05, 4.69) is 15.3 Å². The molecule has 1 aromatic heterocycles. The summed E-state index contributed by atoms with van der Waals surface area (Å²) >= 11 is 0. The molecule has 0 saturated carbocycles. The summed E-state index contributed by atoms with van der Waals surface area (Å²) in [7, 11) is 0. The number of imidazole rings is 1. The third-order valence-electron chi connectivity index (χ3n) is 3.48. The largest absolute Gasteiger partial charge is 0.419 e. The van der Waals surface area contributed by atoms with Crippen LogP contribution in [0.15, 0.2) is 54.9 Å². The van der Waals surface area contributed by atoms with Gasteiger partial charge in [0.1, 0.15) is 11.6 Å². The van der Waals surface area contributed by atoms with Gasteiger partial charge in [0.2, 0.25) is 0 Å². The highest BCUT2D eigenvalue weighted by atomic mass is 19.4. The summed E-state index contributed by atoms with van der Waals surface area (Å²) in [4.78, 5) is 19.2. The second-order valence-corrected chi connectivity index (χ2v) is 5.10. The monoisotopic (exact) mass is 349 g/mol. The topological polar surface area (TPSA) is 57.8 Å². The van der Waals surface area contributed by atoms with E-state index in [1.165, 1.54) is 6.20 Å². The van der Waals surface area contributed by atoms with Crippen molar-refractivity contribution < 1.29 is 22.4 Å². The van der Waals surface area contributed by atoms with Crippen LogP contribution in [-0.2, 0) is 6.18 Å². The number of amides is 1. The number of nitrogens with one attached hydrogen (secondary N) is 2. The Kier molecular flexibility index (Phi) is 4.26. The number of anilines is 1. The number of rotatable bonds is 3. The molecule has 0 fully saturated rings. The highest BCUT2D eigenvalue weighted by Gasteiger charge is 2.35. The molecule has 4 nitrogen and oxygen atoms in total. The molecule has 0 saturated heterocycles. The van der Waals surface area contributed by atoms with E-state index in [1.807, 2.05) is 0 Å². The van der Waals surface area contributed by atoms with Crippen molar-refractivity contribution in [2.75, 3.05) is 5.32 Å². The van der Waals surface area contributed by atoms with Crippen molar-refractivity contribution in [3.63, 3.8) is 0 Å². The highest BCUT2D eigenvalue weighted by molar-refractivity contribution is 6.06. The van der Waals surface area contributed by atoms with Crippen LogP contribution in [0.1, 0.15) is 15.9 Å². The number of nitrogens with zero attached hydrogens (tertiary/aromatic N) is 1. The lowest BCUT2D eigenvalue weighted by Crippen LogP contribution is -2.18. The van der Waals surface area contributed by atoms with Gasteiger partial charge in [-0.2, -0.15) is 13.2 Å². The Morgan fingerprint density at radius 1 is 1.08 bits per heavy atom. The van der Waals surface area contributed by atoms with Gasteiger partial charge in [0, 0.05) is 18.0 Å². The molecule has 0 aliphatic rings. The minimum atomic E-state index is -4.88. The van der Waals surface area contributed by atoms with Gasteiger partial charge in [0.05, 0.1) is 16.8 Å². The minimum Gasteiger partial charge on any atom is -0.345 e. The molecule has 128 valence electrons. The maximum atomic E-state index is 14.1. The molecule has 0 aliphatic heterocycles. The van der Waals surface area contributed by atoms with E-state index < -0.39 is 29.0 Å². The third kappa shape index (κ3) is 3.37. The first kappa shape index (κ1) is 16.7. The maximum absolute atomic E-state index is 14.1. The second kappa shape index (κ2) is 6.39. The Bertz CT molecular complexity index is 905. The number of alkyl halides is 3. The Hall–Kier alpha value is -3.16. The molecule has 0 atom stereocenters. The lowest BCUT2D eigenvalue weighted by molar-refractivity contribution is -0.140. The van der Waals surface area contributed by atoms with Crippen molar-refractivity contribution in [2.45, 2.75) is 6.18 Å². The zero-order valence-corrected chi connectivity index (χ0v) is 12.6. The molecule has 3 aromatic rings. The number of H-pyrrole nitrogens is 1. The quantitative estimate of drug-likeness (QED) is 0.685. The average molecular weight is 349 g/mol. The number of aromatic amines is 1. The summed E-state index contributed by atoms with van der Waals surface area (Å²) in [5, 5.41) is 2.43. The summed E-state index contributed by atoms with van der Waals surface area (Å²) in [5.41, 5.74) is -1.36. The average Bonchev–Trinajstić information content (AvgIpc) is 3.08. The molecular formula is C17H11F4N3O. The SMILES string of the molecule is O=C(Nc1ccccc1-c1ncc[nH]1)c1cccc(C(F)(F)F)c1F. The first-order chi connectivity index (χ1) is 11.9. The van der Waals surface area contributed by atoms with Gasteiger partial charge < -0.3 is 10.3 Å². The molecule has 25 heavy (non-hydrogen) atoms. The van der Waals surface area contributed by atoms with Gasteiger partial charge in [-0.15, -0.1) is 0 Å². The standard InChI is InChI=1S/C17H11F4N3O/c18-14-11(5-3-6-12(14)17(19,20)21)16(25)24-13-7-2-1-4-10(13)15-22-8-9-23-15/h1-9H,(H,22,23)(H,24,25). The Labute approximate surface area is 139 Å². The molecule has 1 amide bonds. The number of para-hydroxylation sites is 1. The predicted molar refractivity (Wildman–Crippen MR) is 83.4 cm³/mol. The van der Waals surface area contributed by atoms with Crippen molar-refractivity contribution in [1.82, 2.24) is 9.97 Å². The summed E-state index contributed by atoms with van der Waals surface area (Å²) in [5.74, 6) is -2.13. The van der Waals surface area contributed by atoms with E-state index >= 15 is 0 Å². The molecular weight excluding hydrogens is 338 g/mol. The Morgan fingerprint density at radius 3 is 2.52 bits per heavy atom. The van der Waals surface area contributed by atoms with Crippen molar-refractivity contribution >= 4 is 11.6 Å². The van der Waals surface area contributed by atoms with Gasteiger partial charge in [-0.05, 0) is 24.3 Å². The van der Waals surface area contributed by atoms with Crippen LogP contribution in [0, 0.1) is 5.82 Å². The van der Waals surface area contributed by atoms with Crippen LogP contribution >= 0.6 is 0 Å². The lowest BCUT2D eigenvalue weighted by atomic mass is 10.1. The smallest absolute Gasteiger partial charge is 0.345 e. The van der Waals surface area contributed by atoms with Gasteiger partial charge in [-0.25, -0.2) is 9.37 Å². The van der Waals surface area contributed by atoms with E-state index in [1.54, 1.807) is 30.5 Å². The van der Waals surface area contributed by atoms with Crippen molar-refractivity contribution in [1.29, 1.82) is 0 Å². The Morgan fingerprint density at radius 2 is 1.84 bits per heavy atom. The number of halogens is 4. The zero-order chi connectivity index (χ0) is 18.0. The zero-order valence-electron chi connectivity index (χ0n) is 12.6. The van der Waals surface area contributed by atoms with Crippen molar-refractivity contribution in [3.8, 4) is 11.4 Å². The van der Waals surface area contributed by atoms with Crippen LogP contribution in [-0.4, -0.2) is 15.9 Å². The normalized spacial score (nSPS) is 11.4. The third-order valence-corrected chi connectivity index (χ3v) is 3.48. The number of hydrogen-bond acceptors (Lipinski definition) is 2. The molecule has 0 spiro atoms. The van der Waals surface area contributed by atoms with Crippen LogP contribution in [0.25, 0.3) is 11.4 Å². The molecule has 2 aromatic carbocycles. The Balaban J connectivity index is 1.95. The number of hydrogen-bond donors (Lipinski definition) is 2. The molecule has 0 aliphatic carbocycles. The molecule has 8 heteroatoms. The van der Waals surface area contributed by atoms with E-state index in [-0.39, 0.29) is 0 Å². The first-order valence-corrected chi connectivity index (χ1v) is 7.14. The summed E-state index contributed by atoms with van der Waals surface area (Å²) < 4.78 is 52.5. The van der Waals surface area contributed by atoms with Crippen LogP contribution in [0.5, 0.6) is 0 Å². The number of carbonyl (C=O) groups is 1. The second-order valence-electron chi connectivity index (χ2n) is 5.10. The lowest BCUT2D eigenvalue weighted by Gasteiger charge is -2.13. The minimum absolute atomic E-state index is 0.291. The van der Waals surface area contributed by atoms with E-state index in [4.69, 9.17) is 0 Å². The fraction of sp³-hybridized carbons (Fsp3) is 0.0588. The highest BCUT2D eigenvalue weighted by Crippen LogP contribution is 2.33. The molecule has 2 N–H and O–H groups in total. The van der Waals surface area contributed by atoms with Crippen LogP contribution in [0.4, 0.5) is 23.2 Å². The maximum Gasteiger partial charge on any atom is 0.419 e. The molecule has 0 unspecified atom stereocenters. The molecule has 0 bridgehead atoms. The predicted octanol–water partition coefficient (Wildman–Crippen LogP) is 4.49. The van der Waals surface area contributed by atoms with Crippen LogP contribution < -0.4 is 5.32 Å². The van der Waals surface area contributed by atoms with Gasteiger partial charge in [0.15, 0.2) is 0 Å². The number of benzene rings is 2. The molecule has 0 radical (unpaired) electrons. The van der Waals surface area contributed by atoms with E-state index in [0.717, 1.165) is 12.1 Å². The van der Waals surface area contributed by atoms with Gasteiger partial charge in [0.25, 0.3) is 5.91 Å². The summed E-state index contributed by atoms with van der Waals surface area (Å²) in [6, 6.07) is 9.11. The van der Waals surface area contributed by atoms with Crippen LogP contribution in [0.3, 0.4) is 0 Å².